The second-order valence-corrected chi connectivity index (χ2v) is 9.60. The fourth-order valence-corrected chi connectivity index (χ4v) is 5.56. The molecule has 0 saturated heterocycles. The molecule has 1 aromatic carbocycles. The van der Waals surface area contributed by atoms with Gasteiger partial charge in [0.05, 0.1) is 17.2 Å². The molecule has 1 heterocycles. The van der Waals surface area contributed by atoms with E-state index in [9.17, 15) is 16.8 Å². The molecule has 0 aromatic heterocycles. The van der Waals surface area contributed by atoms with Crippen LogP contribution in [-0.2, 0) is 19.9 Å². The van der Waals surface area contributed by atoms with Gasteiger partial charge >= 0.3 is 0 Å². The van der Waals surface area contributed by atoms with Crippen molar-refractivity contribution in [3.63, 3.8) is 0 Å². The van der Waals surface area contributed by atoms with Crippen LogP contribution in [0.5, 0.6) is 0 Å². The van der Waals surface area contributed by atoms with Crippen molar-refractivity contribution < 1.29 is 16.8 Å². The highest BCUT2D eigenvalue weighted by atomic mass is 32.2. The maximum Gasteiger partial charge on any atom is 0.236 e. The average Bonchev–Trinajstić information content (AvgIpc) is 2.56. The third kappa shape index (κ3) is 3.96. The molecule has 0 radical (unpaired) electrons. The normalized spacial score (nSPS) is 19.9. The summed E-state index contributed by atoms with van der Waals surface area (Å²) in [4.78, 5) is 0. The summed E-state index contributed by atoms with van der Waals surface area (Å²) < 4.78 is 48.7. The first-order chi connectivity index (χ1) is 9.71. The number of nitrogens with zero attached hydrogens (tertiary/aromatic N) is 1. The molecule has 1 aromatic rings. The first-order valence-electron chi connectivity index (χ1n) is 6.73. The molecule has 1 unspecified atom stereocenters. The standard InChI is InChI=1S/C13H20N2O4S2/c1-20(16,17)9-10-21(18,19)15-8-4-6-12(14)11-5-2-3-7-13(11)15/h2-3,5,7,12H,4,6,8-10,14H2,1H3. The third-order valence-corrected chi connectivity index (χ3v) is 6.50. The number of benzene rings is 1. The molecule has 8 heteroatoms. The summed E-state index contributed by atoms with van der Waals surface area (Å²) in [5, 5.41) is 0. The van der Waals surface area contributed by atoms with E-state index >= 15 is 0 Å². The summed E-state index contributed by atoms with van der Waals surface area (Å²) in [6.07, 6.45) is 2.39. The highest BCUT2D eigenvalue weighted by Gasteiger charge is 2.29. The van der Waals surface area contributed by atoms with Crippen LogP contribution in [0.1, 0.15) is 24.4 Å². The van der Waals surface area contributed by atoms with Crippen molar-refractivity contribution in [1.29, 1.82) is 0 Å². The van der Waals surface area contributed by atoms with Crippen LogP contribution in [0.15, 0.2) is 24.3 Å². The molecule has 1 atom stereocenters. The van der Waals surface area contributed by atoms with Crippen molar-refractivity contribution in [2.75, 3.05) is 28.6 Å². The minimum absolute atomic E-state index is 0.198. The lowest BCUT2D eigenvalue weighted by Crippen LogP contribution is -2.35. The Balaban J connectivity index is 2.36. The first kappa shape index (κ1) is 16.3. The Bertz CT molecular complexity index is 713. The van der Waals surface area contributed by atoms with E-state index in [1.54, 1.807) is 12.1 Å². The van der Waals surface area contributed by atoms with Gasteiger partial charge in [-0.3, -0.25) is 4.31 Å². The van der Waals surface area contributed by atoms with Crippen molar-refractivity contribution in [3.8, 4) is 0 Å². The number of hydrogen-bond donors (Lipinski definition) is 1. The molecule has 0 saturated carbocycles. The van der Waals surface area contributed by atoms with Gasteiger partial charge < -0.3 is 5.73 Å². The predicted octanol–water partition coefficient (Wildman–Crippen LogP) is 0.661. The van der Waals surface area contributed by atoms with Crippen LogP contribution < -0.4 is 10.0 Å². The highest BCUT2D eigenvalue weighted by Crippen LogP contribution is 2.33. The zero-order valence-corrected chi connectivity index (χ0v) is 13.5. The Hall–Kier alpha value is -1.12. The van der Waals surface area contributed by atoms with Crippen LogP contribution in [0, 0.1) is 0 Å². The molecule has 0 spiro atoms. The van der Waals surface area contributed by atoms with E-state index < -0.39 is 25.6 Å². The summed E-state index contributed by atoms with van der Waals surface area (Å²) >= 11 is 0. The lowest BCUT2D eigenvalue weighted by atomic mass is 10.0. The third-order valence-electron chi connectivity index (χ3n) is 3.53. The van der Waals surface area contributed by atoms with Crippen LogP contribution in [0.4, 0.5) is 5.69 Å². The van der Waals surface area contributed by atoms with Gasteiger partial charge in [-0.25, -0.2) is 16.8 Å². The van der Waals surface area contributed by atoms with Crippen LogP contribution in [0.3, 0.4) is 0 Å². The molecule has 6 nitrogen and oxygen atoms in total. The molecule has 0 amide bonds. The predicted molar refractivity (Wildman–Crippen MR) is 83.4 cm³/mol. The molecule has 2 N–H and O–H groups in total. The number of hydrogen-bond acceptors (Lipinski definition) is 5. The van der Waals surface area contributed by atoms with Crippen molar-refractivity contribution in [3.05, 3.63) is 29.8 Å². The van der Waals surface area contributed by atoms with E-state index in [1.165, 1.54) is 4.31 Å². The zero-order chi connectivity index (χ0) is 15.7. The average molecular weight is 332 g/mol. The maximum atomic E-state index is 12.5. The number of para-hydroxylation sites is 1. The van der Waals surface area contributed by atoms with E-state index in [1.807, 2.05) is 12.1 Å². The van der Waals surface area contributed by atoms with Crippen LogP contribution in [-0.4, -0.2) is 41.1 Å². The number of fused-ring (bicyclic) bond motifs is 1. The molecule has 118 valence electrons. The molecule has 0 fully saturated rings. The monoisotopic (exact) mass is 332 g/mol. The summed E-state index contributed by atoms with van der Waals surface area (Å²) in [5.41, 5.74) is 7.43. The Labute approximate surface area is 125 Å². The summed E-state index contributed by atoms with van der Waals surface area (Å²) in [5.74, 6) is -0.782. The van der Waals surface area contributed by atoms with Crippen LogP contribution in [0.2, 0.25) is 0 Å². The zero-order valence-electron chi connectivity index (χ0n) is 11.9. The van der Waals surface area contributed by atoms with E-state index in [2.05, 4.69) is 0 Å². The Morgan fingerprint density at radius 3 is 2.52 bits per heavy atom. The van der Waals surface area contributed by atoms with Gasteiger partial charge in [0, 0.05) is 18.8 Å². The van der Waals surface area contributed by atoms with E-state index in [0.29, 0.717) is 25.1 Å². The second-order valence-electron chi connectivity index (χ2n) is 5.33. The van der Waals surface area contributed by atoms with Crippen LogP contribution in [0.25, 0.3) is 0 Å². The van der Waals surface area contributed by atoms with Gasteiger partial charge in [0.15, 0.2) is 0 Å². The van der Waals surface area contributed by atoms with E-state index in [-0.39, 0.29) is 11.8 Å². The summed E-state index contributed by atoms with van der Waals surface area (Å²) in [6, 6.07) is 6.93. The lowest BCUT2D eigenvalue weighted by Gasteiger charge is -2.24. The number of rotatable bonds is 4. The minimum Gasteiger partial charge on any atom is -0.324 e. The second kappa shape index (κ2) is 5.94. The van der Waals surface area contributed by atoms with Crippen molar-refractivity contribution >= 4 is 25.5 Å². The van der Waals surface area contributed by atoms with E-state index in [0.717, 1.165) is 11.8 Å². The number of sulfonamides is 1. The lowest BCUT2D eigenvalue weighted by molar-refractivity contribution is 0.583. The SMILES string of the molecule is CS(=O)(=O)CCS(=O)(=O)N1CCCC(N)c2ccccc21. The van der Waals surface area contributed by atoms with Crippen molar-refractivity contribution in [2.45, 2.75) is 18.9 Å². The van der Waals surface area contributed by atoms with Gasteiger partial charge in [0.25, 0.3) is 0 Å². The highest BCUT2D eigenvalue weighted by molar-refractivity contribution is 7.95. The molecule has 2 rings (SSSR count). The van der Waals surface area contributed by atoms with Gasteiger partial charge in [0.2, 0.25) is 10.0 Å². The van der Waals surface area contributed by atoms with Crippen LogP contribution >= 0.6 is 0 Å². The Morgan fingerprint density at radius 2 is 1.86 bits per heavy atom. The Morgan fingerprint density at radius 1 is 1.19 bits per heavy atom. The number of anilines is 1. The first-order valence-corrected chi connectivity index (χ1v) is 10.4. The Kier molecular flexibility index (Phi) is 4.60. The van der Waals surface area contributed by atoms with E-state index in [4.69, 9.17) is 5.73 Å². The number of sulfone groups is 1. The topological polar surface area (TPSA) is 97.5 Å². The minimum atomic E-state index is -3.68. The fraction of sp³-hybridized carbons (Fsp3) is 0.538. The molecule has 1 aliphatic rings. The van der Waals surface area contributed by atoms with Crippen molar-refractivity contribution in [1.82, 2.24) is 0 Å². The molecular weight excluding hydrogens is 312 g/mol. The maximum absolute atomic E-state index is 12.5. The van der Waals surface area contributed by atoms with Gasteiger partial charge in [-0.2, -0.15) is 0 Å². The molecular formula is C13H20N2O4S2. The molecule has 21 heavy (non-hydrogen) atoms. The fourth-order valence-electron chi connectivity index (χ4n) is 2.41. The number of nitrogens with two attached hydrogens (primary N) is 1. The molecule has 0 aliphatic carbocycles. The van der Waals surface area contributed by atoms with Gasteiger partial charge in [-0.05, 0) is 24.5 Å². The molecule has 1 aliphatic heterocycles. The van der Waals surface area contributed by atoms with Gasteiger partial charge in [0.1, 0.15) is 9.84 Å². The summed E-state index contributed by atoms with van der Waals surface area (Å²) in [7, 11) is -7.00. The van der Waals surface area contributed by atoms with Gasteiger partial charge in [-0.1, -0.05) is 18.2 Å². The largest absolute Gasteiger partial charge is 0.324 e. The molecule has 0 bridgehead atoms. The summed E-state index contributed by atoms with van der Waals surface area (Å²) in [6.45, 7) is 0.330. The van der Waals surface area contributed by atoms with Gasteiger partial charge in [-0.15, -0.1) is 0 Å². The van der Waals surface area contributed by atoms with Crippen molar-refractivity contribution in [2.24, 2.45) is 5.73 Å². The smallest absolute Gasteiger partial charge is 0.236 e. The quantitative estimate of drug-likeness (QED) is 0.873.